The fourth-order valence-electron chi connectivity index (χ4n) is 1.76. The largest absolute Gasteiger partial charge is 0.308 e. The molecule has 1 atom stereocenters. The lowest BCUT2D eigenvalue weighted by Crippen LogP contribution is -2.12. The van der Waals surface area contributed by atoms with Crippen molar-refractivity contribution in [1.82, 2.24) is 5.32 Å². The zero-order valence-corrected chi connectivity index (χ0v) is 10.9. The molecule has 0 saturated heterocycles. The van der Waals surface area contributed by atoms with Gasteiger partial charge in [-0.2, -0.15) is 0 Å². The van der Waals surface area contributed by atoms with Crippen LogP contribution in [0.15, 0.2) is 36.1 Å². The van der Waals surface area contributed by atoms with Crippen LogP contribution in [0.25, 0.3) is 0 Å². The first-order chi connectivity index (χ1) is 7.77. The summed E-state index contributed by atoms with van der Waals surface area (Å²) in [7, 11) is 0.883. The summed E-state index contributed by atoms with van der Waals surface area (Å²) in [5.41, 5.74) is 4.29. The molecule has 0 aliphatic heterocycles. The van der Waals surface area contributed by atoms with E-state index < -0.39 is 0 Å². The van der Waals surface area contributed by atoms with Crippen molar-refractivity contribution in [3.05, 3.63) is 58.1 Å². The Bertz CT molecular complexity index is 445. The molecule has 0 fully saturated rings. The molecule has 0 radical (unpaired) electrons. The summed E-state index contributed by atoms with van der Waals surface area (Å²) in [5.74, 6) is 2.34. The van der Waals surface area contributed by atoms with E-state index in [0.29, 0.717) is 0 Å². The highest BCUT2D eigenvalue weighted by Gasteiger charge is 2.01. The summed E-state index contributed by atoms with van der Waals surface area (Å²) >= 11 is 0. The third kappa shape index (κ3) is 2.75. The van der Waals surface area contributed by atoms with E-state index in [4.69, 9.17) is 0 Å². The van der Waals surface area contributed by atoms with Gasteiger partial charge in [0.15, 0.2) is 0 Å². The Balaban J connectivity index is 1.87. The molecule has 0 aliphatic rings. The van der Waals surface area contributed by atoms with Crippen LogP contribution < -0.4 is 5.32 Å². The molecule has 1 heterocycles. The average molecular weight is 231 g/mol. The molecule has 2 rings (SSSR count). The number of rotatable bonds is 4. The topological polar surface area (TPSA) is 12.0 Å². The Morgan fingerprint density at radius 2 is 1.81 bits per heavy atom. The maximum absolute atomic E-state index is 3.51. The Kier molecular flexibility index (Phi) is 3.82. The molecule has 1 nitrogen and oxygen atoms in total. The van der Waals surface area contributed by atoms with E-state index in [-0.39, 0.29) is 0 Å². The van der Waals surface area contributed by atoms with Gasteiger partial charge in [0, 0.05) is 13.1 Å². The zero-order valence-electron chi connectivity index (χ0n) is 9.88. The molecule has 0 bridgehead atoms. The Labute approximate surface area is 99.0 Å². The second kappa shape index (κ2) is 5.34. The van der Waals surface area contributed by atoms with Gasteiger partial charge in [-0.3, -0.25) is 0 Å². The highest BCUT2D eigenvalue weighted by Crippen LogP contribution is 2.24. The van der Waals surface area contributed by atoms with Gasteiger partial charge in [0.2, 0.25) is 0 Å². The van der Waals surface area contributed by atoms with Crippen molar-refractivity contribution in [3.8, 4) is 0 Å². The highest BCUT2D eigenvalue weighted by atomic mass is 31.0. The summed E-state index contributed by atoms with van der Waals surface area (Å²) in [5, 5.41) is 5.07. The van der Waals surface area contributed by atoms with Crippen LogP contribution in [-0.4, -0.2) is 0 Å². The van der Waals surface area contributed by atoms with Gasteiger partial charge >= 0.3 is 0 Å². The van der Waals surface area contributed by atoms with Crippen LogP contribution >= 0.6 is 8.19 Å². The van der Waals surface area contributed by atoms with Gasteiger partial charge < -0.3 is 5.32 Å². The second-order valence-corrected chi connectivity index (χ2v) is 5.35. The predicted molar refractivity (Wildman–Crippen MR) is 72.4 cm³/mol. The Morgan fingerprint density at radius 1 is 1.06 bits per heavy atom. The van der Waals surface area contributed by atoms with Crippen molar-refractivity contribution < 1.29 is 0 Å². The number of nitrogens with one attached hydrogen (secondary N) is 1. The van der Waals surface area contributed by atoms with Crippen LogP contribution in [0, 0.1) is 13.8 Å². The van der Waals surface area contributed by atoms with Crippen molar-refractivity contribution >= 4 is 8.19 Å². The normalized spacial score (nSPS) is 11.1. The van der Waals surface area contributed by atoms with Crippen molar-refractivity contribution in [2.24, 2.45) is 0 Å². The molecule has 1 N–H and O–H groups in total. The second-order valence-electron chi connectivity index (χ2n) is 4.16. The fraction of sp³-hybridized carbons (Fsp3) is 0.286. The molecule has 0 saturated carbocycles. The van der Waals surface area contributed by atoms with Gasteiger partial charge in [0.1, 0.15) is 0 Å². The van der Waals surface area contributed by atoms with Crippen LogP contribution in [0.4, 0.5) is 0 Å². The van der Waals surface area contributed by atoms with E-state index in [2.05, 4.69) is 55.3 Å². The molecule has 1 aromatic carbocycles. The minimum absolute atomic E-state index is 0.883. The van der Waals surface area contributed by atoms with Crippen LogP contribution in [0.2, 0.25) is 0 Å². The Morgan fingerprint density at radius 3 is 2.44 bits per heavy atom. The van der Waals surface area contributed by atoms with E-state index in [9.17, 15) is 0 Å². The number of hydrogen-bond acceptors (Lipinski definition) is 1. The van der Waals surface area contributed by atoms with E-state index in [0.717, 1.165) is 21.3 Å². The standard InChI is InChI=1S/C14H18NP/c1-11-10-16-14(12(11)2)9-15-8-13-6-4-3-5-7-13/h3-7,10,15-16H,8-9H2,1-2H3. The van der Waals surface area contributed by atoms with Crippen LogP contribution in [0.5, 0.6) is 0 Å². The molecule has 0 amide bonds. The molecule has 16 heavy (non-hydrogen) atoms. The first-order valence-electron chi connectivity index (χ1n) is 5.65. The predicted octanol–water partition coefficient (Wildman–Crippen LogP) is 3.62. The molecule has 2 aromatic rings. The molecule has 1 aromatic heterocycles. The summed E-state index contributed by atoms with van der Waals surface area (Å²) in [6.07, 6.45) is 0. The van der Waals surface area contributed by atoms with Gasteiger partial charge in [-0.05, 0) is 41.6 Å². The molecular formula is C14H18NP. The van der Waals surface area contributed by atoms with Gasteiger partial charge in [0.25, 0.3) is 0 Å². The Hall–Kier alpha value is -1.04. The van der Waals surface area contributed by atoms with E-state index >= 15 is 0 Å². The lowest BCUT2D eigenvalue weighted by atomic mass is 10.2. The van der Waals surface area contributed by atoms with Crippen LogP contribution in [-0.2, 0) is 13.1 Å². The third-order valence-corrected chi connectivity index (χ3v) is 4.46. The minimum atomic E-state index is 0.883. The average Bonchev–Trinajstić information content (AvgIpc) is 2.62. The van der Waals surface area contributed by atoms with Crippen LogP contribution in [0.3, 0.4) is 0 Å². The van der Waals surface area contributed by atoms with Crippen molar-refractivity contribution in [2.45, 2.75) is 26.9 Å². The maximum Gasteiger partial charge on any atom is 0.0246 e. The molecule has 0 aliphatic carbocycles. The minimum Gasteiger partial charge on any atom is -0.308 e. The maximum atomic E-state index is 3.51. The van der Waals surface area contributed by atoms with Gasteiger partial charge in [-0.15, -0.1) is 8.19 Å². The SMILES string of the molecule is Cc1c[pH]c(CNCc2ccccc2)c1C. The van der Waals surface area contributed by atoms with Crippen molar-refractivity contribution in [2.75, 3.05) is 0 Å². The monoisotopic (exact) mass is 231 g/mol. The number of benzene rings is 1. The van der Waals surface area contributed by atoms with Crippen molar-refractivity contribution in [3.63, 3.8) is 0 Å². The third-order valence-electron chi connectivity index (χ3n) is 2.98. The zero-order chi connectivity index (χ0) is 11.4. The van der Waals surface area contributed by atoms with Gasteiger partial charge in [0.05, 0.1) is 0 Å². The fourth-order valence-corrected chi connectivity index (χ4v) is 3.01. The molecule has 84 valence electrons. The molecule has 1 unspecified atom stereocenters. The smallest absolute Gasteiger partial charge is 0.0246 e. The molecule has 0 spiro atoms. The quantitative estimate of drug-likeness (QED) is 0.847. The summed E-state index contributed by atoms with van der Waals surface area (Å²) in [6.45, 7) is 6.41. The van der Waals surface area contributed by atoms with Gasteiger partial charge in [-0.1, -0.05) is 30.3 Å². The summed E-state index contributed by atoms with van der Waals surface area (Å²) in [4.78, 5) is 0. The van der Waals surface area contributed by atoms with E-state index in [1.807, 2.05) is 0 Å². The number of aryl methyl sites for hydroxylation is 1. The van der Waals surface area contributed by atoms with E-state index in [1.54, 1.807) is 5.30 Å². The summed E-state index contributed by atoms with van der Waals surface area (Å²) in [6, 6.07) is 10.6. The number of hydrogen-bond donors (Lipinski definition) is 1. The van der Waals surface area contributed by atoms with Crippen LogP contribution in [0.1, 0.15) is 22.0 Å². The summed E-state index contributed by atoms with van der Waals surface area (Å²) < 4.78 is 0. The van der Waals surface area contributed by atoms with E-state index in [1.165, 1.54) is 16.7 Å². The van der Waals surface area contributed by atoms with Crippen molar-refractivity contribution in [1.29, 1.82) is 0 Å². The molecule has 2 heteroatoms. The first kappa shape index (κ1) is 11.4. The lowest BCUT2D eigenvalue weighted by Gasteiger charge is -2.05. The van der Waals surface area contributed by atoms with Gasteiger partial charge in [-0.25, -0.2) is 0 Å². The lowest BCUT2D eigenvalue weighted by molar-refractivity contribution is 0.698. The highest BCUT2D eigenvalue weighted by molar-refractivity contribution is 7.30. The first-order valence-corrected chi connectivity index (χ1v) is 6.73. The molecular weight excluding hydrogens is 213 g/mol.